The normalized spacial score (nSPS) is 20.8. The van der Waals surface area contributed by atoms with Crippen molar-refractivity contribution in [2.24, 2.45) is 0 Å². The predicted octanol–water partition coefficient (Wildman–Crippen LogP) is 3.65. The highest BCUT2D eigenvalue weighted by Gasteiger charge is 2.30. The summed E-state index contributed by atoms with van der Waals surface area (Å²) in [5.41, 5.74) is 2.18. The van der Waals surface area contributed by atoms with E-state index in [1.165, 1.54) is 0 Å². The summed E-state index contributed by atoms with van der Waals surface area (Å²) in [5, 5.41) is 22.6. The van der Waals surface area contributed by atoms with Crippen LogP contribution in [-0.2, 0) is 12.8 Å². The maximum absolute atomic E-state index is 9.34. The Morgan fingerprint density at radius 1 is 0.750 bits per heavy atom. The number of ether oxygens (including phenoxy) is 2. The van der Waals surface area contributed by atoms with Crippen molar-refractivity contribution >= 4 is 21.5 Å². The number of nitriles is 2. The van der Waals surface area contributed by atoms with Gasteiger partial charge in [-0.3, -0.25) is 0 Å². The number of hydrogen-bond donors (Lipinski definition) is 0. The molecule has 0 spiro atoms. The Kier molecular flexibility index (Phi) is 2.55. The SMILES string of the molecule is N#C[C@H]1Cc2cccc3c4c5c(cccc5c(c23)O1)C[C@H](C#N)O4. The van der Waals surface area contributed by atoms with Crippen molar-refractivity contribution in [3.05, 3.63) is 47.5 Å². The van der Waals surface area contributed by atoms with E-state index in [1.54, 1.807) is 0 Å². The lowest BCUT2D eigenvalue weighted by Crippen LogP contribution is -2.24. The molecule has 2 aliphatic rings. The van der Waals surface area contributed by atoms with Crippen molar-refractivity contribution in [2.75, 3.05) is 0 Å². The molecule has 0 fully saturated rings. The Bertz CT molecular complexity index is 1020. The molecule has 5 rings (SSSR count). The van der Waals surface area contributed by atoms with Crippen LogP contribution in [0.1, 0.15) is 11.1 Å². The zero-order valence-electron chi connectivity index (χ0n) is 12.7. The third-order valence-corrected chi connectivity index (χ3v) is 4.86. The van der Waals surface area contributed by atoms with E-state index in [0.29, 0.717) is 12.8 Å². The smallest absolute Gasteiger partial charge is 0.188 e. The molecule has 0 radical (unpaired) electrons. The molecule has 0 N–H and O–H groups in total. The molecule has 3 aromatic rings. The van der Waals surface area contributed by atoms with E-state index in [2.05, 4.69) is 12.1 Å². The van der Waals surface area contributed by atoms with Crippen molar-refractivity contribution in [1.29, 1.82) is 10.5 Å². The van der Waals surface area contributed by atoms with E-state index in [-0.39, 0.29) is 0 Å². The Hall–Kier alpha value is -3.24. The highest BCUT2D eigenvalue weighted by atomic mass is 16.5. The Balaban J connectivity index is 1.97. The molecule has 2 heterocycles. The summed E-state index contributed by atoms with van der Waals surface area (Å²) < 4.78 is 12.0. The molecular weight excluding hydrogens is 300 g/mol. The summed E-state index contributed by atoms with van der Waals surface area (Å²) in [4.78, 5) is 0. The molecule has 0 aromatic heterocycles. The average Bonchev–Trinajstić information content (AvgIpc) is 2.64. The van der Waals surface area contributed by atoms with Crippen molar-refractivity contribution in [1.82, 2.24) is 0 Å². The van der Waals surface area contributed by atoms with E-state index in [9.17, 15) is 10.5 Å². The molecule has 2 aliphatic heterocycles. The summed E-state index contributed by atoms with van der Waals surface area (Å²) in [6.45, 7) is 0. The monoisotopic (exact) mass is 312 g/mol. The van der Waals surface area contributed by atoms with E-state index in [0.717, 1.165) is 44.2 Å². The number of nitrogens with zero attached hydrogens (tertiary/aromatic N) is 2. The minimum atomic E-state index is -0.475. The summed E-state index contributed by atoms with van der Waals surface area (Å²) in [6.07, 6.45) is 0.174. The second-order valence-electron chi connectivity index (χ2n) is 6.22. The fraction of sp³-hybridized carbons (Fsp3) is 0.200. The van der Waals surface area contributed by atoms with Crippen molar-refractivity contribution in [3.63, 3.8) is 0 Å². The molecule has 0 saturated heterocycles. The largest absolute Gasteiger partial charge is 0.474 e. The molecule has 0 amide bonds. The van der Waals surface area contributed by atoms with Gasteiger partial charge in [0.2, 0.25) is 0 Å². The second kappa shape index (κ2) is 4.63. The van der Waals surface area contributed by atoms with Crippen LogP contribution in [0.2, 0.25) is 0 Å². The van der Waals surface area contributed by atoms with Crippen LogP contribution in [0.4, 0.5) is 0 Å². The van der Waals surface area contributed by atoms with Gasteiger partial charge in [-0.2, -0.15) is 10.5 Å². The van der Waals surface area contributed by atoms with Gasteiger partial charge in [0.25, 0.3) is 0 Å². The summed E-state index contributed by atoms with van der Waals surface area (Å²) in [7, 11) is 0. The molecule has 4 nitrogen and oxygen atoms in total. The lowest BCUT2D eigenvalue weighted by molar-refractivity contribution is 0.249. The Labute approximate surface area is 138 Å². The number of benzene rings is 3. The van der Waals surface area contributed by atoms with Gasteiger partial charge in [-0.15, -0.1) is 0 Å². The molecule has 0 saturated carbocycles. The number of rotatable bonds is 0. The molecule has 4 heteroatoms. The Morgan fingerprint density at radius 2 is 1.21 bits per heavy atom. The zero-order valence-corrected chi connectivity index (χ0v) is 12.7. The van der Waals surface area contributed by atoms with Gasteiger partial charge in [0.05, 0.1) is 0 Å². The summed E-state index contributed by atoms with van der Waals surface area (Å²) >= 11 is 0. The fourth-order valence-electron chi connectivity index (χ4n) is 3.88. The van der Waals surface area contributed by atoms with Gasteiger partial charge in [0.15, 0.2) is 12.2 Å². The van der Waals surface area contributed by atoms with Gasteiger partial charge in [0, 0.05) is 34.4 Å². The molecule has 24 heavy (non-hydrogen) atoms. The third kappa shape index (κ3) is 1.60. The van der Waals surface area contributed by atoms with Crippen LogP contribution in [-0.4, -0.2) is 12.2 Å². The van der Waals surface area contributed by atoms with Crippen LogP contribution >= 0.6 is 0 Å². The molecular formula is C20H12N2O2. The first-order chi connectivity index (χ1) is 11.8. The van der Waals surface area contributed by atoms with Crippen LogP contribution in [0.25, 0.3) is 21.5 Å². The first kappa shape index (κ1) is 13.2. The minimum Gasteiger partial charge on any atom is -0.474 e. The lowest BCUT2D eigenvalue weighted by Gasteiger charge is -2.29. The first-order valence-corrected chi connectivity index (χ1v) is 7.92. The minimum absolute atomic E-state index is 0.475. The molecule has 0 bridgehead atoms. The fourth-order valence-corrected chi connectivity index (χ4v) is 3.88. The maximum Gasteiger partial charge on any atom is 0.188 e. The highest BCUT2D eigenvalue weighted by Crippen LogP contribution is 2.49. The second-order valence-corrected chi connectivity index (χ2v) is 6.22. The van der Waals surface area contributed by atoms with Crippen molar-refractivity contribution < 1.29 is 9.47 Å². The van der Waals surface area contributed by atoms with Gasteiger partial charge in [0.1, 0.15) is 23.6 Å². The number of fused-ring (bicyclic) bond motifs is 2. The van der Waals surface area contributed by atoms with Crippen LogP contribution in [0.5, 0.6) is 11.5 Å². The van der Waals surface area contributed by atoms with Gasteiger partial charge in [-0.25, -0.2) is 0 Å². The topological polar surface area (TPSA) is 66.0 Å². The van der Waals surface area contributed by atoms with Crippen LogP contribution in [0, 0.1) is 22.7 Å². The van der Waals surface area contributed by atoms with Crippen LogP contribution in [0.15, 0.2) is 36.4 Å². The molecule has 0 aliphatic carbocycles. The van der Waals surface area contributed by atoms with Crippen molar-refractivity contribution in [2.45, 2.75) is 25.0 Å². The summed E-state index contributed by atoms with van der Waals surface area (Å²) in [5.74, 6) is 1.52. The predicted molar refractivity (Wildman–Crippen MR) is 88.9 cm³/mol. The zero-order chi connectivity index (χ0) is 16.3. The van der Waals surface area contributed by atoms with Gasteiger partial charge < -0.3 is 9.47 Å². The maximum atomic E-state index is 9.34. The molecule has 0 unspecified atom stereocenters. The summed E-state index contributed by atoms with van der Waals surface area (Å²) in [6, 6.07) is 16.5. The standard InChI is InChI=1S/C20H12N2O2/c21-9-13-7-11-3-1-5-15-17(11)20(24-13)16-6-2-4-12-8-14(10-22)23-19(15)18(12)16/h1-6,13-14H,7-8H2/t13-,14-/m1/s1. The van der Waals surface area contributed by atoms with Crippen LogP contribution < -0.4 is 9.47 Å². The molecule has 114 valence electrons. The lowest BCUT2D eigenvalue weighted by atomic mass is 9.89. The van der Waals surface area contributed by atoms with Gasteiger partial charge in [-0.1, -0.05) is 36.4 Å². The first-order valence-electron chi connectivity index (χ1n) is 7.92. The van der Waals surface area contributed by atoms with E-state index in [1.807, 2.05) is 36.4 Å². The van der Waals surface area contributed by atoms with Crippen LogP contribution in [0.3, 0.4) is 0 Å². The van der Waals surface area contributed by atoms with Gasteiger partial charge in [-0.05, 0) is 11.1 Å². The van der Waals surface area contributed by atoms with E-state index < -0.39 is 12.2 Å². The van der Waals surface area contributed by atoms with Crippen molar-refractivity contribution in [3.8, 4) is 23.6 Å². The average molecular weight is 312 g/mol. The molecule has 3 aromatic carbocycles. The van der Waals surface area contributed by atoms with E-state index in [4.69, 9.17) is 9.47 Å². The number of hydrogen-bond acceptors (Lipinski definition) is 4. The Morgan fingerprint density at radius 3 is 1.62 bits per heavy atom. The van der Waals surface area contributed by atoms with E-state index >= 15 is 0 Å². The third-order valence-electron chi connectivity index (χ3n) is 4.86. The molecule has 2 atom stereocenters. The van der Waals surface area contributed by atoms with Gasteiger partial charge >= 0.3 is 0 Å². The highest BCUT2D eigenvalue weighted by molar-refractivity contribution is 6.13. The quantitative estimate of drug-likeness (QED) is 0.594.